The predicted octanol–water partition coefficient (Wildman–Crippen LogP) is 2.50. The van der Waals surface area contributed by atoms with Crippen LogP contribution in [0.15, 0.2) is 12.1 Å². The van der Waals surface area contributed by atoms with Crippen LogP contribution in [0.1, 0.15) is 46.7 Å². The number of thiophene rings is 1. The molecule has 20 heavy (non-hydrogen) atoms. The number of amides is 1. The molecule has 2 fully saturated rings. The molecule has 2 unspecified atom stereocenters. The minimum absolute atomic E-state index is 0.142. The number of rotatable bonds is 1. The maximum atomic E-state index is 12.7. The van der Waals surface area contributed by atoms with Crippen LogP contribution < -0.4 is 0 Å². The maximum Gasteiger partial charge on any atom is 0.264 e. The van der Waals surface area contributed by atoms with Crippen molar-refractivity contribution < 1.29 is 9.90 Å². The minimum atomic E-state index is -0.142. The monoisotopic (exact) mass is 289 g/mol. The van der Waals surface area contributed by atoms with E-state index in [1.807, 2.05) is 12.1 Å². The second-order valence-corrected chi connectivity index (χ2v) is 6.61. The van der Waals surface area contributed by atoms with Crippen molar-refractivity contribution in [3.05, 3.63) is 21.9 Å². The zero-order valence-corrected chi connectivity index (χ0v) is 12.3. The van der Waals surface area contributed by atoms with Gasteiger partial charge in [0.1, 0.15) is 6.61 Å². The second kappa shape index (κ2) is 5.99. The first kappa shape index (κ1) is 13.7. The van der Waals surface area contributed by atoms with Crippen molar-refractivity contribution >= 4 is 17.2 Å². The van der Waals surface area contributed by atoms with E-state index < -0.39 is 0 Å². The fourth-order valence-corrected chi connectivity index (χ4v) is 4.33. The van der Waals surface area contributed by atoms with Crippen LogP contribution in [-0.4, -0.2) is 35.1 Å². The number of hydrogen-bond acceptors (Lipinski definition) is 3. The number of nitrogens with zero attached hydrogens (tertiary/aromatic N) is 1. The van der Waals surface area contributed by atoms with Crippen LogP contribution in [0.5, 0.6) is 0 Å². The lowest BCUT2D eigenvalue weighted by molar-refractivity contribution is 0.0553. The van der Waals surface area contributed by atoms with Gasteiger partial charge in [-0.3, -0.25) is 4.79 Å². The highest BCUT2D eigenvalue weighted by Crippen LogP contribution is 2.37. The molecule has 0 aromatic carbocycles. The van der Waals surface area contributed by atoms with Gasteiger partial charge in [0.25, 0.3) is 5.91 Å². The molecule has 0 radical (unpaired) electrons. The molecule has 1 saturated heterocycles. The number of likely N-dealkylation sites (tertiary alicyclic amines) is 1. The molecule has 106 valence electrons. The average Bonchev–Trinajstić information content (AvgIpc) is 3.12. The Morgan fingerprint density at radius 3 is 3.05 bits per heavy atom. The number of aliphatic hydroxyl groups excluding tert-OH is 1. The lowest BCUT2D eigenvalue weighted by Crippen LogP contribution is -2.45. The van der Waals surface area contributed by atoms with Gasteiger partial charge in [-0.15, -0.1) is 11.3 Å². The molecule has 2 atom stereocenters. The van der Waals surface area contributed by atoms with E-state index in [2.05, 4.69) is 16.7 Å². The summed E-state index contributed by atoms with van der Waals surface area (Å²) in [6, 6.07) is 4.20. The highest BCUT2D eigenvalue weighted by Gasteiger charge is 2.37. The Morgan fingerprint density at radius 1 is 1.35 bits per heavy atom. The normalized spacial score (nSPS) is 24.9. The molecule has 3 nitrogen and oxygen atoms in total. The van der Waals surface area contributed by atoms with E-state index in [1.54, 1.807) is 0 Å². The van der Waals surface area contributed by atoms with Gasteiger partial charge in [-0.1, -0.05) is 18.3 Å². The van der Waals surface area contributed by atoms with Crippen LogP contribution in [0.3, 0.4) is 0 Å². The molecule has 1 aromatic rings. The van der Waals surface area contributed by atoms with Gasteiger partial charge in [0.05, 0.1) is 9.75 Å². The van der Waals surface area contributed by atoms with E-state index in [0.717, 1.165) is 28.6 Å². The zero-order chi connectivity index (χ0) is 13.9. The van der Waals surface area contributed by atoms with Gasteiger partial charge in [0, 0.05) is 12.6 Å². The summed E-state index contributed by atoms with van der Waals surface area (Å²) in [4.78, 5) is 16.4. The summed E-state index contributed by atoms with van der Waals surface area (Å²) >= 11 is 1.43. The van der Waals surface area contributed by atoms with Gasteiger partial charge in [-0.25, -0.2) is 0 Å². The van der Waals surface area contributed by atoms with Crippen molar-refractivity contribution in [1.29, 1.82) is 0 Å². The third kappa shape index (κ3) is 2.61. The first-order chi connectivity index (χ1) is 9.79. The summed E-state index contributed by atoms with van der Waals surface area (Å²) in [5, 5.41) is 8.71. The summed E-state index contributed by atoms with van der Waals surface area (Å²) in [7, 11) is 0. The summed E-state index contributed by atoms with van der Waals surface area (Å²) in [5.74, 6) is 6.38. The number of piperidine rings is 1. The van der Waals surface area contributed by atoms with Crippen LogP contribution in [-0.2, 0) is 0 Å². The smallest absolute Gasteiger partial charge is 0.264 e. The second-order valence-electron chi connectivity index (χ2n) is 5.52. The van der Waals surface area contributed by atoms with E-state index >= 15 is 0 Å². The Hall–Kier alpha value is -1.31. The summed E-state index contributed by atoms with van der Waals surface area (Å²) < 4.78 is 0. The third-order valence-electron chi connectivity index (χ3n) is 4.36. The Labute approximate surface area is 123 Å². The van der Waals surface area contributed by atoms with Crippen LogP contribution in [0.4, 0.5) is 0 Å². The van der Waals surface area contributed by atoms with Crippen molar-refractivity contribution in [2.75, 3.05) is 13.2 Å². The van der Waals surface area contributed by atoms with Crippen molar-refractivity contribution in [3.8, 4) is 11.8 Å². The molecule has 1 N–H and O–H groups in total. The summed E-state index contributed by atoms with van der Waals surface area (Å²) in [6.45, 7) is 0.757. The van der Waals surface area contributed by atoms with Crippen LogP contribution in [0.25, 0.3) is 0 Å². The molecule has 1 aromatic heterocycles. The lowest BCUT2D eigenvalue weighted by Gasteiger charge is -2.37. The molecule has 4 heteroatoms. The van der Waals surface area contributed by atoms with Gasteiger partial charge in [-0.05, 0) is 43.7 Å². The quantitative estimate of drug-likeness (QED) is 0.807. The van der Waals surface area contributed by atoms with Gasteiger partial charge in [-0.2, -0.15) is 0 Å². The summed E-state index contributed by atoms with van der Waals surface area (Å²) in [6.07, 6.45) is 6.13. The SMILES string of the molecule is O=C(c1ccc(C#CCO)s1)N1CCCC2CCCC21. The molecule has 0 bridgehead atoms. The molecular formula is C16H19NO2S. The fraction of sp³-hybridized carbons (Fsp3) is 0.562. The van der Waals surface area contributed by atoms with Gasteiger partial charge in [0.15, 0.2) is 0 Å². The molecule has 0 spiro atoms. The largest absolute Gasteiger partial charge is 0.384 e. The Kier molecular flexibility index (Phi) is 4.09. The van der Waals surface area contributed by atoms with Crippen molar-refractivity contribution in [3.63, 3.8) is 0 Å². The topological polar surface area (TPSA) is 40.5 Å². The highest BCUT2D eigenvalue weighted by molar-refractivity contribution is 7.14. The maximum absolute atomic E-state index is 12.7. The third-order valence-corrected chi connectivity index (χ3v) is 5.35. The van der Waals surface area contributed by atoms with E-state index in [9.17, 15) is 4.79 Å². The van der Waals surface area contributed by atoms with Crippen molar-refractivity contribution in [1.82, 2.24) is 4.90 Å². The van der Waals surface area contributed by atoms with E-state index in [0.29, 0.717) is 6.04 Å². The number of carbonyl (C=O) groups is 1. The van der Waals surface area contributed by atoms with Crippen LogP contribution >= 0.6 is 11.3 Å². The van der Waals surface area contributed by atoms with E-state index in [-0.39, 0.29) is 12.5 Å². The molecular weight excluding hydrogens is 270 g/mol. The molecule has 1 amide bonds. The number of fused-ring (bicyclic) bond motifs is 1. The summed E-state index contributed by atoms with van der Waals surface area (Å²) in [5.41, 5.74) is 0. The van der Waals surface area contributed by atoms with Gasteiger partial charge < -0.3 is 10.0 Å². The highest BCUT2D eigenvalue weighted by atomic mass is 32.1. The zero-order valence-electron chi connectivity index (χ0n) is 11.5. The minimum Gasteiger partial charge on any atom is -0.384 e. The fourth-order valence-electron chi connectivity index (χ4n) is 3.49. The number of aliphatic hydroxyl groups is 1. The van der Waals surface area contributed by atoms with Crippen LogP contribution in [0, 0.1) is 17.8 Å². The van der Waals surface area contributed by atoms with Crippen LogP contribution in [0.2, 0.25) is 0 Å². The Balaban J connectivity index is 1.76. The molecule has 2 aliphatic rings. The van der Waals surface area contributed by atoms with Crippen molar-refractivity contribution in [2.45, 2.75) is 38.1 Å². The molecule has 1 saturated carbocycles. The number of hydrogen-bond donors (Lipinski definition) is 1. The number of carbonyl (C=O) groups excluding carboxylic acids is 1. The molecule has 1 aliphatic heterocycles. The van der Waals surface area contributed by atoms with Gasteiger partial charge in [0.2, 0.25) is 0 Å². The van der Waals surface area contributed by atoms with Gasteiger partial charge >= 0.3 is 0 Å². The average molecular weight is 289 g/mol. The predicted molar refractivity (Wildman–Crippen MR) is 79.7 cm³/mol. The lowest BCUT2D eigenvalue weighted by atomic mass is 9.92. The molecule has 1 aliphatic carbocycles. The first-order valence-corrected chi connectivity index (χ1v) is 8.12. The van der Waals surface area contributed by atoms with Crippen molar-refractivity contribution in [2.24, 2.45) is 5.92 Å². The van der Waals surface area contributed by atoms with E-state index in [1.165, 1.54) is 37.0 Å². The molecule has 2 heterocycles. The first-order valence-electron chi connectivity index (χ1n) is 7.30. The Morgan fingerprint density at radius 2 is 2.20 bits per heavy atom. The standard InChI is InChI=1S/C16H19NO2S/c18-11-3-6-13-8-9-15(20-13)16(19)17-10-2-5-12-4-1-7-14(12)17/h8-9,12,14,18H,1-2,4-5,7,10-11H2. The molecule has 3 rings (SSSR count). The Bertz CT molecular complexity index is 554. The van der Waals surface area contributed by atoms with E-state index in [4.69, 9.17) is 5.11 Å².